The highest BCUT2D eigenvalue weighted by molar-refractivity contribution is 6.09. The average molecular weight is 655 g/mol. The molecule has 0 spiro atoms. The molecular weight excluding hydrogens is 610 g/mol. The van der Waals surface area contributed by atoms with Crippen molar-refractivity contribution >= 4 is 29.8 Å². The Morgan fingerprint density at radius 1 is 0.979 bits per heavy atom. The van der Waals surface area contributed by atoms with E-state index in [1.165, 1.54) is 4.90 Å². The lowest BCUT2D eigenvalue weighted by Crippen LogP contribution is -2.46. The molecule has 0 unspecified atom stereocenters. The first kappa shape index (κ1) is 35.7. The Morgan fingerprint density at radius 2 is 1.52 bits per heavy atom. The van der Waals surface area contributed by atoms with Crippen molar-refractivity contribution in [3.63, 3.8) is 0 Å². The van der Waals surface area contributed by atoms with Gasteiger partial charge in [-0.1, -0.05) is 87.5 Å². The van der Waals surface area contributed by atoms with E-state index >= 15 is 0 Å². The average Bonchev–Trinajstić information content (AvgIpc) is 3.31. The highest BCUT2D eigenvalue weighted by Crippen LogP contribution is 2.40. The molecule has 1 fully saturated rings. The SMILES string of the molecule is CC(C)(C)C(=O)[O-].CCOC(=O)NC1CCN(C(=O)c2cc(C)cc(CN3C(=O)C(c4ccccc4)(c4ccccc4)N=C3N)c2)CC1. The Hall–Kier alpha value is -5.19. The van der Waals surface area contributed by atoms with Crippen LogP contribution in [0.5, 0.6) is 0 Å². The van der Waals surface area contributed by atoms with Gasteiger partial charge in [-0.25, -0.2) is 9.79 Å². The lowest BCUT2D eigenvalue weighted by atomic mass is 9.83. The largest absolute Gasteiger partial charge is 0.550 e. The number of aliphatic carboxylic acids is 1. The molecule has 11 heteroatoms. The molecule has 5 rings (SSSR count). The quantitative estimate of drug-likeness (QED) is 0.393. The molecule has 0 aliphatic carbocycles. The molecule has 2 aliphatic rings. The molecule has 0 bridgehead atoms. The number of ether oxygens (including phenoxy) is 1. The molecule has 2 aliphatic heterocycles. The number of aryl methyl sites for hydroxylation is 1. The molecule has 254 valence electrons. The number of nitrogens with one attached hydrogen (secondary N) is 1. The van der Waals surface area contributed by atoms with E-state index in [0.29, 0.717) is 38.1 Å². The fraction of sp³-hybridized carbons (Fsp3) is 0.378. The number of carboxylic acid groups (broad SMARTS) is 1. The van der Waals surface area contributed by atoms with Crippen LogP contribution in [0, 0.1) is 12.3 Å². The summed E-state index contributed by atoms with van der Waals surface area (Å²) < 4.78 is 4.97. The number of guanidine groups is 1. The minimum Gasteiger partial charge on any atom is -0.550 e. The van der Waals surface area contributed by atoms with Gasteiger partial charge in [0.15, 0.2) is 11.5 Å². The van der Waals surface area contributed by atoms with Crippen molar-refractivity contribution in [2.75, 3.05) is 19.7 Å². The van der Waals surface area contributed by atoms with Crippen LogP contribution in [0.2, 0.25) is 0 Å². The summed E-state index contributed by atoms with van der Waals surface area (Å²) in [5.74, 6) is -1.19. The molecule has 1 saturated heterocycles. The van der Waals surface area contributed by atoms with Crippen molar-refractivity contribution in [3.8, 4) is 0 Å². The second-order valence-corrected chi connectivity index (χ2v) is 13.0. The van der Waals surface area contributed by atoms with Gasteiger partial charge in [0.25, 0.3) is 11.8 Å². The van der Waals surface area contributed by atoms with E-state index in [1.807, 2.05) is 85.8 Å². The number of amides is 3. The van der Waals surface area contributed by atoms with Gasteiger partial charge in [-0.3, -0.25) is 14.5 Å². The van der Waals surface area contributed by atoms with Gasteiger partial charge in [0.1, 0.15) is 0 Å². The van der Waals surface area contributed by atoms with Crippen LogP contribution in [-0.4, -0.2) is 65.4 Å². The maximum Gasteiger partial charge on any atom is 0.407 e. The van der Waals surface area contributed by atoms with E-state index in [2.05, 4.69) is 5.32 Å². The minimum atomic E-state index is -1.28. The van der Waals surface area contributed by atoms with Gasteiger partial charge in [0.05, 0.1) is 13.2 Å². The number of benzene rings is 3. The van der Waals surface area contributed by atoms with Gasteiger partial charge in [0.2, 0.25) is 0 Å². The van der Waals surface area contributed by atoms with Gasteiger partial charge in [-0.2, -0.15) is 0 Å². The molecule has 0 saturated carbocycles. The maximum absolute atomic E-state index is 14.2. The van der Waals surface area contributed by atoms with Crippen LogP contribution in [0.25, 0.3) is 0 Å². The molecule has 2 heterocycles. The van der Waals surface area contributed by atoms with Crippen LogP contribution in [0.15, 0.2) is 83.9 Å². The smallest absolute Gasteiger partial charge is 0.407 e. The fourth-order valence-corrected chi connectivity index (χ4v) is 5.64. The first-order valence-electron chi connectivity index (χ1n) is 16.1. The summed E-state index contributed by atoms with van der Waals surface area (Å²) in [5.41, 5.74) is 8.18. The number of piperidine rings is 1. The molecule has 3 amide bonds. The first-order valence-corrected chi connectivity index (χ1v) is 16.1. The zero-order valence-electron chi connectivity index (χ0n) is 28.2. The Balaban J connectivity index is 0.000000671. The number of likely N-dealkylation sites (tertiary alicyclic amines) is 1. The lowest BCUT2D eigenvalue weighted by molar-refractivity contribution is -0.316. The summed E-state index contributed by atoms with van der Waals surface area (Å²) in [5, 5.41) is 12.8. The van der Waals surface area contributed by atoms with Crippen molar-refractivity contribution < 1.29 is 29.0 Å². The van der Waals surface area contributed by atoms with Gasteiger partial charge in [0, 0.05) is 36.1 Å². The molecule has 0 atom stereocenters. The van der Waals surface area contributed by atoms with Crippen LogP contribution in [0.4, 0.5) is 4.79 Å². The minimum absolute atomic E-state index is 0.0240. The third-order valence-corrected chi connectivity index (χ3v) is 8.21. The fourth-order valence-electron chi connectivity index (χ4n) is 5.64. The molecule has 3 aromatic rings. The Bertz CT molecular complexity index is 1600. The number of hydrogen-bond acceptors (Lipinski definition) is 8. The standard InChI is InChI=1S/C32H35N5O4.C5H10O2/c1-3-41-31(40)34-27-14-16-36(17-15-27)28(38)24-19-22(2)18-23(20-24)21-37-29(39)32(35-30(37)33,25-10-6-4-7-11-25)26-12-8-5-9-13-26;1-5(2,3)4(6)7/h4-13,18-20,27H,3,14-17,21H2,1-2H3,(H2,33,35)(H,34,40);1-3H3,(H,6,7)/p-1. The molecule has 3 N–H and O–H groups in total. The number of rotatable bonds is 7. The van der Waals surface area contributed by atoms with Gasteiger partial charge in [-0.15, -0.1) is 0 Å². The predicted octanol–water partition coefficient (Wildman–Crippen LogP) is 3.73. The van der Waals surface area contributed by atoms with Crippen LogP contribution < -0.4 is 16.2 Å². The van der Waals surface area contributed by atoms with E-state index < -0.39 is 23.0 Å². The van der Waals surface area contributed by atoms with Gasteiger partial charge in [-0.05, 0) is 61.1 Å². The summed E-state index contributed by atoms with van der Waals surface area (Å²) in [6.45, 7) is 10.0. The summed E-state index contributed by atoms with van der Waals surface area (Å²) in [4.78, 5) is 57.3. The third kappa shape index (κ3) is 8.20. The van der Waals surface area contributed by atoms with Gasteiger partial charge < -0.3 is 30.6 Å². The lowest BCUT2D eigenvalue weighted by Gasteiger charge is -2.32. The van der Waals surface area contributed by atoms with E-state index in [-0.39, 0.29) is 30.4 Å². The number of carbonyl (C=O) groups excluding carboxylic acids is 4. The van der Waals surface area contributed by atoms with Crippen LogP contribution in [-0.2, 0) is 26.4 Å². The van der Waals surface area contributed by atoms with Crippen molar-refractivity contribution in [1.29, 1.82) is 0 Å². The number of alkyl carbamates (subject to hydrolysis) is 1. The Kier molecular flexibility index (Phi) is 11.3. The molecule has 11 nitrogen and oxygen atoms in total. The van der Waals surface area contributed by atoms with Gasteiger partial charge >= 0.3 is 6.09 Å². The second kappa shape index (κ2) is 15.1. The normalized spacial score (nSPS) is 16.0. The molecule has 48 heavy (non-hydrogen) atoms. The summed E-state index contributed by atoms with van der Waals surface area (Å²) in [6.07, 6.45) is 0.877. The van der Waals surface area contributed by atoms with Crippen molar-refractivity contribution in [2.45, 2.75) is 65.6 Å². The second-order valence-electron chi connectivity index (χ2n) is 13.0. The summed E-state index contributed by atoms with van der Waals surface area (Å²) >= 11 is 0. The summed E-state index contributed by atoms with van der Waals surface area (Å²) in [6, 6.07) is 24.5. The van der Waals surface area contributed by atoms with Crippen molar-refractivity contribution in [3.05, 3.63) is 107 Å². The van der Waals surface area contributed by atoms with E-state index in [1.54, 1.807) is 32.6 Å². The van der Waals surface area contributed by atoms with Crippen LogP contribution in [0.1, 0.15) is 73.1 Å². The number of aliphatic imine (C=N–C) groups is 1. The summed E-state index contributed by atoms with van der Waals surface area (Å²) in [7, 11) is 0. The monoisotopic (exact) mass is 654 g/mol. The number of hydrogen-bond donors (Lipinski definition) is 2. The number of nitrogens with zero attached hydrogens (tertiary/aromatic N) is 3. The van der Waals surface area contributed by atoms with Crippen LogP contribution >= 0.6 is 0 Å². The van der Waals surface area contributed by atoms with E-state index in [0.717, 1.165) is 22.3 Å². The van der Waals surface area contributed by atoms with Crippen molar-refractivity contribution in [1.82, 2.24) is 15.1 Å². The van der Waals surface area contributed by atoms with E-state index in [9.17, 15) is 24.3 Å². The first-order chi connectivity index (χ1) is 22.8. The number of carbonyl (C=O) groups is 4. The predicted molar refractivity (Wildman–Crippen MR) is 181 cm³/mol. The Morgan fingerprint density at radius 3 is 2.02 bits per heavy atom. The maximum atomic E-state index is 14.2. The number of nitrogens with two attached hydrogens (primary N) is 1. The molecule has 0 aromatic heterocycles. The zero-order chi connectivity index (χ0) is 35.1. The Labute approximate surface area is 281 Å². The molecule has 3 aromatic carbocycles. The highest BCUT2D eigenvalue weighted by atomic mass is 16.5. The zero-order valence-corrected chi connectivity index (χ0v) is 28.2. The van der Waals surface area contributed by atoms with E-state index in [4.69, 9.17) is 15.5 Å². The molecular formula is C37H44N5O6-. The highest BCUT2D eigenvalue weighted by Gasteiger charge is 2.50. The topological polar surface area (TPSA) is 157 Å². The van der Waals surface area contributed by atoms with Crippen LogP contribution in [0.3, 0.4) is 0 Å². The van der Waals surface area contributed by atoms with Crippen molar-refractivity contribution in [2.24, 2.45) is 16.1 Å². The third-order valence-electron chi connectivity index (χ3n) is 8.21. The molecule has 0 radical (unpaired) electrons. The number of carboxylic acids is 1.